The lowest BCUT2D eigenvalue weighted by molar-refractivity contribution is -0.125. The van der Waals surface area contributed by atoms with Gasteiger partial charge in [-0.25, -0.2) is 0 Å². The van der Waals surface area contributed by atoms with Gasteiger partial charge in [0, 0.05) is 19.7 Å². The van der Waals surface area contributed by atoms with E-state index in [4.69, 9.17) is 4.74 Å². The van der Waals surface area contributed by atoms with Crippen molar-refractivity contribution in [1.82, 2.24) is 10.2 Å². The molecule has 13 heavy (non-hydrogen) atoms. The number of nitrogens with one attached hydrogen (secondary N) is 1. The van der Waals surface area contributed by atoms with Crippen LogP contribution in [0.5, 0.6) is 0 Å². The molecule has 0 aliphatic heterocycles. The lowest BCUT2D eigenvalue weighted by Crippen LogP contribution is -2.34. The van der Waals surface area contributed by atoms with Crippen LogP contribution in [0, 0.1) is 0 Å². The van der Waals surface area contributed by atoms with Gasteiger partial charge in [-0.2, -0.15) is 0 Å². The topological polar surface area (TPSA) is 41.6 Å². The molecule has 0 aromatic carbocycles. The van der Waals surface area contributed by atoms with Gasteiger partial charge in [-0.05, 0) is 20.5 Å². The van der Waals surface area contributed by atoms with E-state index in [1.54, 1.807) is 0 Å². The van der Waals surface area contributed by atoms with Crippen LogP contribution in [0.2, 0.25) is 0 Å². The van der Waals surface area contributed by atoms with Crippen LogP contribution in [-0.2, 0) is 9.53 Å². The average molecular weight is 188 g/mol. The van der Waals surface area contributed by atoms with Crippen LogP contribution in [0.4, 0.5) is 0 Å². The highest BCUT2D eigenvalue weighted by Crippen LogP contribution is 1.78. The molecule has 0 rings (SSSR count). The van der Waals surface area contributed by atoms with Crippen LogP contribution < -0.4 is 5.32 Å². The summed E-state index contributed by atoms with van der Waals surface area (Å²) >= 11 is 0. The van der Waals surface area contributed by atoms with Crippen LogP contribution in [0.3, 0.4) is 0 Å². The van der Waals surface area contributed by atoms with Crippen LogP contribution >= 0.6 is 0 Å². The van der Waals surface area contributed by atoms with E-state index in [1.807, 2.05) is 14.0 Å². The summed E-state index contributed by atoms with van der Waals surface area (Å²) in [6, 6.07) is 0. The first-order chi connectivity index (χ1) is 6.20. The highest BCUT2D eigenvalue weighted by atomic mass is 16.5. The third-order valence-electron chi connectivity index (χ3n) is 1.79. The monoisotopic (exact) mass is 188 g/mol. The first-order valence-corrected chi connectivity index (χ1v) is 4.73. The number of carbonyl (C=O) groups excluding carboxylic acids is 1. The van der Waals surface area contributed by atoms with E-state index in [2.05, 4.69) is 17.1 Å². The van der Waals surface area contributed by atoms with Gasteiger partial charge in [-0.3, -0.25) is 4.79 Å². The summed E-state index contributed by atoms with van der Waals surface area (Å²) in [5.41, 5.74) is 0. The maximum Gasteiger partial charge on any atom is 0.246 e. The molecule has 0 aliphatic carbocycles. The Morgan fingerprint density at radius 3 is 2.69 bits per heavy atom. The van der Waals surface area contributed by atoms with Gasteiger partial charge in [0.15, 0.2) is 0 Å². The molecular weight excluding hydrogens is 168 g/mol. The Hall–Kier alpha value is -0.610. The van der Waals surface area contributed by atoms with Gasteiger partial charge >= 0.3 is 0 Å². The fourth-order valence-corrected chi connectivity index (χ4v) is 0.790. The summed E-state index contributed by atoms with van der Waals surface area (Å²) in [5.74, 6) is -0.0358. The minimum absolute atomic E-state index is 0.0358. The molecule has 1 amide bonds. The zero-order valence-corrected chi connectivity index (χ0v) is 8.80. The van der Waals surface area contributed by atoms with Gasteiger partial charge in [-0.15, -0.1) is 0 Å². The normalized spacial score (nSPS) is 10.5. The smallest absolute Gasteiger partial charge is 0.246 e. The van der Waals surface area contributed by atoms with Crippen molar-refractivity contribution in [2.45, 2.75) is 13.8 Å². The molecule has 0 bridgehead atoms. The lowest BCUT2D eigenvalue weighted by Gasteiger charge is -2.13. The SMILES string of the molecule is CCOCC(=O)NCCN(C)CC. The zero-order chi connectivity index (χ0) is 10.1. The third kappa shape index (κ3) is 7.74. The Morgan fingerprint density at radius 2 is 2.15 bits per heavy atom. The molecule has 0 atom stereocenters. The lowest BCUT2D eigenvalue weighted by atomic mass is 10.5. The van der Waals surface area contributed by atoms with Crippen LogP contribution in [0.25, 0.3) is 0 Å². The first kappa shape index (κ1) is 12.4. The molecule has 0 saturated carbocycles. The number of carbonyl (C=O) groups is 1. The fourth-order valence-electron chi connectivity index (χ4n) is 0.790. The van der Waals surface area contributed by atoms with E-state index < -0.39 is 0 Å². The van der Waals surface area contributed by atoms with E-state index in [1.165, 1.54) is 0 Å². The molecule has 4 nitrogen and oxygen atoms in total. The van der Waals surface area contributed by atoms with E-state index >= 15 is 0 Å². The summed E-state index contributed by atoms with van der Waals surface area (Å²) in [7, 11) is 2.02. The molecule has 0 fully saturated rings. The minimum atomic E-state index is -0.0358. The van der Waals surface area contributed by atoms with E-state index in [-0.39, 0.29) is 12.5 Å². The number of hydrogen-bond acceptors (Lipinski definition) is 3. The van der Waals surface area contributed by atoms with Gasteiger partial charge < -0.3 is 15.0 Å². The molecule has 0 unspecified atom stereocenters. The van der Waals surface area contributed by atoms with Crippen LogP contribution in [0.15, 0.2) is 0 Å². The molecule has 0 saturated heterocycles. The van der Waals surface area contributed by atoms with Crippen molar-refractivity contribution in [3.63, 3.8) is 0 Å². The molecule has 78 valence electrons. The van der Waals surface area contributed by atoms with Gasteiger partial charge in [0.2, 0.25) is 5.91 Å². The van der Waals surface area contributed by atoms with Gasteiger partial charge in [0.25, 0.3) is 0 Å². The molecule has 4 heteroatoms. The predicted octanol–water partition coefficient (Wildman–Crippen LogP) is 0.0908. The van der Waals surface area contributed by atoms with E-state index in [0.29, 0.717) is 13.2 Å². The molecule has 0 aliphatic rings. The highest BCUT2D eigenvalue weighted by Gasteiger charge is 1.99. The first-order valence-electron chi connectivity index (χ1n) is 4.73. The average Bonchev–Trinajstić information content (AvgIpc) is 2.14. The van der Waals surface area contributed by atoms with E-state index in [9.17, 15) is 4.79 Å². The maximum atomic E-state index is 11.0. The molecule has 0 aromatic heterocycles. The number of rotatable bonds is 7. The van der Waals surface area contributed by atoms with Crippen LogP contribution in [-0.4, -0.2) is 50.7 Å². The Morgan fingerprint density at radius 1 is 1.46 bits per heavy atom. The maximum absolute atomic E-state index is 11.0. The quantitative estimate of drug-likeness (QED) is 0.615. The molecule has 0 aromatic rings. The minimum Gasteiger partial charge on any atom is -0.372 e. The van der Waals surface area contributed by atoms with Crippen LogP contribution in [0.1, 0.15) is 13.8 Å². The molecule has 0 radical (unpaired) electrons. The number of amides is 1. The summed E-state index contributed by atoms with van der Waals surface area (Å²) in [6.07, 6.45) is 0. The van der Waals surface area contributed by atoms with Crippen molar-refractivity contribution in [2.24, 2.45) is 0 Å². The van der Waals surface area contributed by atoms with Gasteiger partial charge in [0.05, 0.1) is 0 Å². The number of ether oxygens (including phenoxy) is 1. The molecule has 0 spiro atoms. The third-order valence-corrected chi connectivity index (χ3v) is 1.79. The standard InChI is InChI=1S/C9H20N2O2/c1-4-11(3)7-6-10-9(12)8-13-5-2/h4-8H2,1-3H3,(H,10,12). The van der Waals surface area contributed by atoms with Crippen molar-refractivity contribution in [2.75, 3.05) is 39.9 Å². The summed E-state index contributed by atoms with van der Waals surface area (Å²) in [6.45, 7) is 7.29. The summed E-state index contributed by atoms with van der Waals surface area (Å²) < 4.78 is 4.95. The van der Waals surface area contributed by atoms with Crippen molar-refractivity contribution < 1.29 is 9.53 Å². The largest absolute Gasteiger partial charge is 0.372 e. The predicted molar refractivity (Wildman–Crippen MR) is 52.7 cm³/mol. The second kappa shape index (κ2) is 8.01. The number of hydrogen-bond donors (Lipinski definition) is 1. The Labute approximate surface area is 80.2 Å². The zero-order valence-electron chi connectivity index (χ0n) is 8.80. The highest BCUT2D eigenvalue weighted by molar-refractivity contribution is 5.77. The molecular formula is C9H20N2O2. The Bertz CT molecular complexity index is 140. The van der Waals surface area contributed by atoms with Crippen molar-refractivity contribution in [3.8, 4) is 0 Å². The number of nitrogens with zero attached hydrogens (tertiary/aromatic N) is 1. The summed E-state index contributed by atoms with van der Waals surface area (Å²) in [4.78, 5) is 13.2. The van der Waals surface area contributed by atoms with E-state index in [0.717, 1.165) is 13.1 Å². The van der Waals surface area contributed by atoms with Gasteiger partial charge in [0.1, 0.15) is 6.61 Å². The molecule has 0 heterocycles. The fraction of sp³-hybridized carbons (Fsp3) is 0.889. The number of likely N-dealkylation sites (N-methyl/N-ethyl adjacent to an activating group) is 1. The Kier molecular flexibility index (Phi) is 7.63. The van der Waals surface area contributed by atoms with Crippen molar-refractivity contribution in [1.29, 1.82) is 0 Å². The second-order valence-electron chi connectivity index (χ2n) is 2.88. The summed E-state index contributed by atoms with van der Waals surface area (Å²) in [5, 5.41) is 2.78. The second-order valence-corrected chi connectivity index (χ2v) is 2.88. The Balaban J connectivity index is 3.26. The van der Waals surface area contributed by atoms with Gasteiger partial charge in [-0.1, -0.05) is 6.92 Å². The molecule has 1 N–H and O–H groups in total. The van der Waals surface area contributed by atoms with Crippen molar-refractivity contribution in [3.05, 3.63) is 0 Å². The van der Waals surface area contributed by atoms with Crippen molar-refractivity contribution >= 4 is 5.91 Å².